The number of hydrogen-bond acceptors (Lipinski definition) is 2. The second kappa shape index (κ2) is 4.87. The molecule has 2 atom stereocenters. The van der Waals surface area contributed by atoms with Gasteiger partial charge >= 0.3 is 0 Å². The summed E-state index contributed by atoms with van der Waals surface area (Å²) < 4.78 is 0. The fourth-order valence-electron chi connectivity index (χ4n) is 2.70. The van der Waals surface area contributed by atoms with Crippen LogP contribution < -0.4 is 0 Å². The zero-order chi connectivity index (χ0) is 13.4. The first kappa shape index (κ1) is 14.9. The van der Waals surface area contributed by atoms with Gasteiger partial charge in [-0.25, -0.2) is 0 Å². The van der Waals surface area contributed by atoms with Gasteiger partial charge in [-0.2, -0.15) is 12.6 Å². The monoisotopic (exact) mass is 256 g/mol. The minimum Gasteiger partial charge on any atom is -0.512 e. The summed E-state index contributed by atoms with van der Waals surface area (Å²) in [5, 5.41) is 10.4. The van der Waals surface area contributed by atoms with Crippen LogP contribution in [0.3, 0.4) is 0 Å². The summed E-state index contributed by atoms with van der Waals surface area (Å²) in [5.41, 5.74) is 1.58. The molecule has 0 fully saturated rings. The lowest BCUT2D eigenvalue weighted by atomic mass is 9.63. The average Bonchev–Trinajstić information content (AvgIpc) is 2.14. The van der Waals surface area contributed by atoms with Gasteiger partial charge in [-0.1, -0.05) is 41.5 Å². The molecule has 1 rings (SSSR count). The first-order valence-electron chi connectivity index (χ1n) is 6.59. The van der Waals surface area contributed by atoms with Crippen LogP contribution in [0.5, 0.6) is 0 Å². The Hall–Kier alpha value is -0.110. The molecule has 0 spiro atoms. The summed E-state index contributed by atoms with van der Waals surface area (Å²) in [5.74, 6) is 2.23. The smallest absolute Gasteiger partial charge is 0.0959 e. The molecule has 17 heavy (non-hydrogen) atoms. The van der Waals surface area contributed by atoms with E-state index in [-0.39, 0.29) is 11.3 Å². The third-order valence-electron chi connectivity index (χ3n) is 4.17. The predicted molar refractivity (Wildman–Crippen MR) is 78.6 cm³/mol. The SMILES string of the molecule is CC(C)(C)C1CC(CS)=C(O)C(C(C)(C)C)C1. The third-order valence-corrected chi connectivity index (χ3v) is 4.55. The van der Waals surface area contributed by atoms with Gasteiger partial charge < -0.3 is 5.11 Å². The Morgan fingerprint density at radius 3 is 2.00 bits per heavy atom. The second-order valence-corrected chi connectivity index (χ2v) is 7.88. The number of rotatable bonds is 1. The highest BCUT2D eigenvalue weighted by molar-refractivity contribution is 7.80. The van der Waals surface area contributed by atoms with E-state index in [1.54, 1.807) is 0 Å². The molecule has 0 amide bonds. The quantitative estimate of drug-likeness (QED) is 0.643. The summed E-state index contributed by atoms with van der Waals surface area (Å²) in [4.78, 5) is 0. The maximum atomic E-state index is 10.4. The predicted octanol–water partition coefficient (Wildman–Crippen LogP) is 4.85. The van der Waals surface area contributed by atoms with Crippen molar-refractivity contribution in [3.8, 4) is 0 Å². The van der Waals surface area contributed by atoms with Gasteiger partial charge in [0.2, 0.25) is 0 Å². The van der Waals surface area contributed by atoms with E-state index in [2.05, 4.69) is 54.2 Å². The van der Waals surface area contributed by atoms with Crippen molar-refractivity contribution < 1.29 is 5.11 Å². The molecule has 1 N–H and O–H groups in total. The van der Waals surface area contributed by atoms with Crippen molar-refractivity contribution in [3.63, 3.8) is 0 Å². The first-order valence-corrected chi connectivity index (χ1v) is 7.22. The number of thiol groups is 1. The van der Waals surface area contributed by atoms with Crippen LogP contribution in [0.25, 0.3) is 0 Å². The van der Waals surface area contributed by atoms with Gasteiger partial charge in [0.1, 0.15) is 0 Å². The highest BCUT2D eigenvalue weighted by Crippen LogP contribution is 2.47. The van der Waals surface area contributed by atoms with Crippen molar-refractivity contribution >= 4 is 12.6 Å². The fourth-order valence-corrected chi connectivity index (χ4v) is 2.99. The molecular weight excluding hydrogens is 228 g/mol. The number of hydrogen-bond donors (Lipinski definition) is 2. The van der Waals surface area contributed by atoms with Crippen LogP contribution in [0.2, 0.25) is 0 Å². The van der Waals surface area contributed by atoms with E-state index in [1.165, 1.54) is 0 Å². The van der Waals surface area contributed by atoms with Gasteiger partial charge in [0.05, 0.1) is 5.76 Å². The highest BCUT2D eigenvalue weighted by atomic mass is 32.1. The summed E-state index contributed by atoms with van der Waals surface area (Å²) in [6.45, 7) is 13.6. The Kier molecular flexibility index (Phi) is 4.28. The van der Waals surface area contributed by atoms with Gasteiger partial charge in [-0.05, 0) is 35.2 Å². The van der Waals surface area contributed by atoms with E-state index >= 15 is 0 Å². The molecule has 1 aliphatic carbocycles. The molecule has 0 aromatic carbocycles. The molecule has 1 nitrogen and oxygen atoms in total. The number of allylic oxidation sites excluding steroid dienone is 1. The lowest BCUT2D eigenvalue weighted by molar-refractivity contribution is 0.102. The molecule has 1 aliphatic rings. The van der Waals surface area contributed by atoms with E-state index in [1.807, 2.05) is 0 Å². The lowest BCUT2D eigenvalue weighted by Crippen LogP contribution is -2.34. The van der Waals surface area contributed by atoms with Crippen molar-refractivity contribution in [1.29, 1.82) is 0 Å². The fraction of sp³-hybridized carbons (Fsp3) is 0.867. The van der Waals surface area contributed by atoms with Crippen LogP contribution in [0.15, 0.2) is 11.3 Å². The minimum atomic E-state index is 0.127. The van der Waals surface area contributed by atoms with Crippen LogP contribution in [0.1, 0.15) is 54.4 Å². The van der Waals surface area contributed by atoms with Crippen LogP contribution in [0.4, 0.5) is 0 Å². The Bertz CT molecular complexity index is 304. The Morgan fingerprint density at radius 1 is 1.12 bits per heavy atom. The molecule has 0 radical (unpaired) electrons. The molecule has 0 aromatic rings. The van der Waals surface area contributed by atoms with Crippen molar-refractivity contribution in [2.75, 3.05) is 5.75 Å². The summed E-state index contributed by atoms with van der Waals surface area (Å²) in [7, 11) is 0. The molecular formula is C15H28OS. The number of aliphatic hydroxyl groups is 1. The second-order valence-electron chi connectivity index (χ2n) is 7.57. The van der Waals surface area contributed by atoms with Crippen molar-refractivity contribution in [2.45, 2.75) is 54.4 Å². The first-order chi connectivity index (χ1) is 7.57. The molecule has 0 aromatic heterocycles. The minimum absolute atomic E-state index is 0.127. The molecule has 2 heteroatoms. The Labute approximate surface area is 112 Å². The van der Waals surface area contributed by atoms with E-state index in [0.717, 1.165) is 18.4 Å². The van der Waals surface area contributed by atoms with Crippen molar-refractivity contribution in [2.24, 2.45) is 22.7 Å². The largest absolute Gasteiger partial charge is 0.512 e. The third kappa shape index (κ3) is 3.43. The number of aliphatic hydroxyl groups excluding tert-OH is 1. The molecule has 0 saturated carbocycles. The standard InChI is InChI=1S/C15H28OS/c1-14(2,3)11-7-10(9-17)13(16)12(8-11)15(4,5)6/h11-12,16-17H,7-9H2,1-6H3. The highest BCUT2D eigenvalue weighted by Gasteiger charge is 2.39. The van der Waals surface area contributed by atoms with Gasteiger partial charge in [-0.3, -0.25) is 0 Å². The van der Waals surface area contributed by atoms with Crippen LogP contribution in [-0.2, 0) is 0 Å². The van der Waals surface area contributed by atoms with Crippen molar-refractivity contribution in [3.05, 3.63) is 11.3 Å². The summed E-state index contributed by atoms with van der Waals surface area (Å²) in [6.07, 6.45) is 2.10. The van der Waals surface area contributed by atoms with E-state index in [4.69, 9.17) is 0 Å². The van der Waals surface area contributed by atoms with Gasteiger partial charge in [-0.15, -0.1) is 0 Å². The van der Waals surface area contributed by atoms with Crippen LogP contribution in [0, 0.1) is 22.7 Å². The normalized spacial score (nSPS) is 27.5. The molecule has 0 aliphatic heterocycles. The zero-order valence-corrected chi connectivity index (χ0v) is 13.1. The van der Waals surface area contributed by atoms with Gasteiger partial charge in [0.25, 0.3) is 0 Å². The summed E-state index contributed by atoms with van der Waals surface area (Å²) >= 11 is 4.38. The zero-order valence-electron chi connectivity index (χ0n) is 12.2. The Balaban J connectivity index is 3.07. The van der Waals surface area contributed by atoms with Gasteiger partial charge in [0.15, 0.2) is 0 Å². The van der Waals surface area contributed by atoms with E-state index < -0.39 is 0 Å². The Morgan fingerprint density at radius 2 is 1.65 bits per heavy atom. The lowest BCUT2D eigenvalue weighted by Gasteiger charge is -2.43. The maximum absolute atomic E-state index is 10.4. The maximum Gasteiger partial charge on any atom is 0.0959 e. The molecule has 0 heterocycles. The van der Waals surface area contributed by atoms with E-state index in [0.29, 0.717) is 22.8 Å². The molecule has 100 valence electrons. The molecule has 0 saturated heterocycles. The summed E-state index contributed by atoms with van der Waals surface area (Å²) in [6, 6.07) is 0. The average molecular weight is 256 g/mol. The molecule has 2 unspecified atom stereocenters. The van der Waals surface area contributed by atoms with E-state index in [9.17, 15) is 5.11 Å². The topological polar surface area (TPSA) is 20.2 Å². The van der Waals surface area contributed by atoms with Crippen LogP contribution in [-0.4, -0.2) is 10.9 Å². The van der Waals surface area contributed by atoms with Gasteiger partial charge in [0, 0.05) is 11.7 Å². The van der Waals surface area contributed by atoms with Crippen LogP contribution >= 0.6 is 12.6 Å². The molecule has 0 bridgehead atoms. The van der Waals surface area contributed by atoms with Crippen molar-refractivity contribution in [1.82, 2.24) is 0 Å².